The Morgan fingerprint density at radius 3 is 2.58 bits per heavy atom. The third kappa shape index (κ3) is 3.90. The molecule has 0 radical (unpaired) electrons. The van der Waals surface area contributed by atoms with Crippen LogP contribution in [0.1, 0.15) is 32.6 Å². The summed E-state index contributed by atoms with van der Waals surface area (Å²) in [4.78, 5) is 0.775. The highest BCUT2D eigenvalue weighted by Gasteiger charge is 2.28. The summed E-state index contributed by atoms with van der Waals surface area (Å²) in [6.45, 7) is 3.17. The van der Waals surface area contributed by atoms with Crippen LogP contribution in [0.2, 0.25) is 0 Å². The number of methoxy groups -OCH3 is 1. The van der Waals surface area contributed by atoms with Crippen molar-refractivity contribution >= 4 is 15.9 Å². The molecule has 1 fully saturated rings. The Hall–Kier alpha value is 0.440. The minimum Gasteiger partial charge on any atom is -0.384 e. The maximum Gasteiger partial charge on any atom is 0.0487 e. The van der Waals surface area contributed by atoms with Crippen LogP contribution in [0.25, 0.3) is 0 Å². The second kappa shape index (κ2) is 5.23. The van der Waals surface area contributed by atoms with Gasteiger partial charge in [0.1, 0.15) is 0 Å². The van der Waals surface area contributed by atoms with Crippen LogP contribution in [-0.2, 0) is 4.74 Å². The van der Waals surface area contributed by atoms with Crippen molar-refractivity contribution in [2.45, 2.75) is 37.4 Å². The number of hydrogen-bond donors (Lipinski definition) is 0. The summed E-state index contributed by atoms with van der Waals surface area (Å²) in [5.41, 5.74) is 0. The average molecular weight is 235 g/mol. The van der Waals surface area contributed by atoms with Crippen molar-refractivity contribution in [3.63, 3.8) is 0 Å². The fourth-order valence-electron chi connectivity index (χ4n) is 1.51. The van der Waals surface area contributed by atoms with Gasteiger partial charge in [0.25, 0.3) is 0 Å². The quantitative estimate of drug-likeness (QED) is 0.642. The molecule has 0 spiro atoms. The molecule has 1 rings (SSSR count). The summed E-state index contributed by atoms with van der Waals surface area (Å²) in [5.74, 6) is 1.70. The highest BCUT2D eigenvalue weighted by molar-refractivity contribution is 9.09. The molecule has 0 heterocycles. The van der Waals surface area contributed by atoms with E-state index in [2.05, 4.69) is 22.9 Å². The molecule has 72 valence electrons. The fraction of sp³-hybridized carbons (Fsp3) is 1.00. The fourth-order valence-corrected chi connectivity index (χ4v) is 2.30. The minimum atomic E-state index is 0.716. The van der Waals surface area contributed by atoms with Crippen molar-refractivity contribution in [3.8, 4) is 0 Å². The molecular formula is C10H19BrO. The lowest BCUT2D eigenvalue weighted by atomic mass is 10.0. The molecule has 0 bridgehead atoms. The van der Waals surface area contributed by atoms with Crippen LogP contribution >= 0.6 is 15.9 Å². The Morgan fingerprint density at radius 2 is 2.08 bits per heavy atom. The molecule has 2 atom stereocenters. The summed E-state index contributed by atoms with van der Waals surface area (Å²) in [7, 11) is 1.78. The van der Waals surface area contributed by atoms with Crippen LogP contribution in [0, 0.1) is 11.8 Å². The summed E-state index contributed by atoms with van der Waals surface area (Å²) >= 11 is 3.74. The highest BCUT2D eigenvalue weighted by atomic mass is 79.9. The third-order valence-electron chi connectivity index (χ3n) is 2.52. The zero-order valence-electron chi connectivity index (χ0n) is 8.05. The van der Waals surface area contributed by atoms with E-state index in [0.29, 0.717) is 5.92 Å². The zero-order chi connectivity index (χ0) is 8.97. The van der Waals surface area contributed by atoms with E-state index in [1.54, 1.807) is 7.11 Å². The normalized spacial score (nSPS) is 22.2. The molecular weight excluding hydrogens is 216 g/mol. The Bertz CT molecular complexity index is 123. The number of hydrogen-bond acceptors (Lipinski definition) is 1. The van der Waals surface area contributed by atoms with E-state index in [0.717, 1.165) is 17.4 Å². The summed E-state index contributed by atoms with van der Waals surface area (Å²) in [6, 6.07) is 0. The predicted molar refractivity (Wildman–Crippen MR) is 55.7 cm³/mol. The lowest BCUT2D eigenvalue weighted by Gasteiger charge is -2.12. The van der Waals surface area contributed by atoms with Gasteiger partial charge in [0.2, 0.25) is 0 Å². The number of alkyl halides is 1. The molecule has 1 saturated carbocycles. The lowest BCUT2D eigenvalue weighted by molar-refractivity contribution is 0.154. The first kappa shape index (κ1) is 10.5. The van der Waals surface area contributed by atoms with Gasteiger partial charge in [0.15, 0.2) is 0 Å². The third-order valence-corrected chi connectivity index (χ3v) is 3.73. The van der Waals surface area contributed by atoms with Gasteiger partial charge < -0.3 is 4.74 Å². The first-order valence-electron chi connectivity index (χ1n) is 4.87. The molecule has 2 unspecified atom stereocenters. The van der Waals surface area contributed by atoms with Crippen molar-refractivity contribution in [3.05, 3.63) is 0 Å². The van der Waals surface area contributed by atoms with Gasteiger partial charge in [-0.2, -0.15) is 0 Å². The largest absolute Gasteiger partial charge is 0.384 e. The van der Waals surface area contributed by atoms with Gasteiger partial charge in [-0.1, -0.05) is 22.9 Å². The van der Waals surface area contributed by atoms with Crippen molar-refractivity contribution in [1.29, 1.82) is 0 Å². The molecule has 0 N–H and O–H groups in total. The number of ether oxygens (including phenoxy) is 1. The molecule has 2 heteroatoms. The molecule has 0 aliphatic heterocycles. The molecule has 1 nitrogen and oxygen atoms in total. The molecule has 0 saturated heterocycles. The van der Waals surface area contributed by atoms with E-state index in [4.69, 9.17) is 4.74 Å². The maximum atomic E-state index is 5.10. The second-order valence-corrected chi connectivity index (χ2v) is 5.17. The van der Waals surface area contributed by atoms with Gasteiger partial charge in [-0.05, 0) is 37.5 Å². The zero-order valence-corrected chi connectivity index (χ0v) is 9.64. The molecule has 0 aromatic rings. The topological polar surface area (TPSA) is 9.23 Å². The number of rotatable bonds is 6. The molecule has 0 aromatic heterocycles. The lowest BCUT2D eigenvalue weighted by Crippen LogP contribution is -2.08. The van der Waals surface area contributed by atoms with E-state index in [1.807, 2.05) is 0 Å². The van der Waals surface area contributed by atoms with Gasteiger partial charge in [-0.15, -0.1) is 0 Å². The molecule has 12 heavy (non-hydrogen) atoms. The first-order valence-corrected chi connectivity index (χ1v) is 5.78. The van der Waals surface area contributed by atoms with E-state index < -0.39 is 0 Å². The molecule has 1 aliphatic rings. The average Bonchev–Trinajstić information content (AvgIpc) is 2.83. The van der Waals surface area contributed by atoms with Gasteiger partial charge in [0, 0.05) is 18.5 Å². The van der Waals surface area contributed by atoms with Crippen LogP contribution in [-0.4, -0.2) is 18.5 Å². The van der Waals surface area contributed by atoms with E-state index in [-0.39, 0.29) is 0 Å². The van der Waals surface area contributed by atoms with E-state index >= 15 is 0 Å². The predicted octanol–water partition coefficient (Wildman–Crippen LogP) is 3.22. The Labute approximate surface area is 84.0 Å². The van der Waals surface area contributed by atoms with Crippen molar-refractivity contribution in [1.82, 2.24) is 0 Å². The Kier molecular flexibility index (Phi) is 4.59. The molecule has 1 aliphatic carbocycles. The van der Waals surface area contributed by atoms with Gasteiger partial charge in [0.05, 0.1) is 0 Å². The van der Waals surface area contributed by atoms with Crippen LogP contribution in [0.15, 0.2) is 0 Å². The van der Waals surface area contributed by atoms with Crippen LogP contribution in [0.5, 0.6) is 0 Å². The van der Waals surface area contributed by atoms with Crippen molar-refractivity contribution in [2.75, 3.05) is 13.7 Å². The van der Waals surface area contributed by atoms with Crippen LogP contribution < -0.4 is 0 Å². The smallest absolute Gasteiger partial charge is 0.0487 e. The molecule has 0 aromatic carbocycles. The van der Waals surface area contributed by atoms with E-state index in [9.17, 15) is 0 Å². The highest BCUT2D eigenvalue weighted by Crippen LogP contribution is 2.39. The molecule has 0 amide bonds. The standard InChI is InChI=1S/C10H19BrO/c1-8(7-12-2)3-6-10(11)9-4-5-9/h8-10H,3-7H2,1-2H3. The Balaban J connectivity index is 1.99. The van der Waals surface area contributed by atoms with Crippen molar-refractivity contribution in [2.24, 2.45) is 11.8 Å². The van der Waals surface area contributed by atoms with E-state index in [1.165, 1.54) is 25.7 Å². The van der Waals surface area contributed by atoms with Gasteiger partial charge >= 0.3 is 0 Å². The number of halogens is 1. The monoisotopic (exact) mass is 234 g/mol. The Morgan fingerprint density at radius 1 is 1.42 bits per heavy atom. The van der Waals surface area contributed by atoms with Crippen LogP contribution in [0.3, 0.4) is 0 Å². The first-order chi connectivity index (χ1) is 5.74. The van der Waals surface area contributed by atoms with Gasteiger partial charge in [-0.25, -0.2) is 0 Å². The second-order valence-electron chi connectivity index (χ2n) is 3.99. The maximum absolute atomic E-state index is 5.10. The minimum absolute atomic E-state index is 0.716. The van der Waals surface area contributed by atoms with Crippen molar-refractivity contribution < 1.29 is 4.74 Å². The SMILES string of the molecule is COCC(C)CCC(Br)C1CC1. The van der Waals surface area contributed by atoms with Gasteiger partial charge in [-0.3, -0.25) is 0 Å². The van der Waals surface area contributed by atoms with Crippen LogP contribution in [0.4, 0.5) is 0 Å². The summed E-state index contributed by atoms with van der Waals surface area (Å²) in [5, 5.41) is 0. The summed E-state index contributed by atoms with van der Waals surface area (Å²) in [6.07, 6.45) is 5.48. The summed E-state index contributed by atoms with van der Waals surface area (Å²) < 4.78 is 5.10.